The molecular formula is C15H14INOS. The van der Waals surface area contributed by atoms with E-state index in [1.807, 2.05) is 23.6 Å². The number of anilines is 1. The van der Waals surface area contributed by atoms with Gasteiger partial charge < -0.3 is 5.32 Å². The average molecular weight is 383 g/mol. The van der Waals surface area contributed by atoms with Gasteiger partial charge in [0.15, 0.2) is 0 Å². The molecule has 2 aromatic rings. The smallest absolute Gasteiger partial charge is 0.256 e. The number of hydrogen-bond acceptors (Lipinski definition) is 2. The normalized spacial score (nSPS) is 13.9. The molecule has 1 aromatic heterocycles. The molecule has 1 heterocycles. The average Bonchev–Trinajstić information content (AvgIpc) is 2.86. The van der Waals surface area contributed by atoms with Gasteiger partial charge in [-0.3, -0.25) is 4.79 Å². The highest BCUT2D eigenvalue weighted by molar-refractivity contribution is 14.1. The number of carbonyl (C=O) groups excluding carboxylic acids is 1. The fourth-order valence-corrected chi connectivity index (χ4v) is 3.85. The molecule has 0 saturated carbocycles. The molecule has 98 valence electrons. The number of aryl methyl sites for hydroxylation is 1. The molecule has 1 aliphatic rings. The van der Waals surface area contributed by atoms with Crippen LogP contribution in [0.15, 0.2) is 29.6 Å². The molecule has 1 N–H and O–H groups in total. The van der Waals surface area contributed by atoms with E-state index in [1.165, 1.54) is 24.0 Å². The van der Waals surface area contributed by atoms with Crippen LogP contribution in [0.1, 0.15) is 34.3 Å². The second-order valence-corrected chi connectivity index (χ2v) is 7.55. The van der Waals surface area contributed by atoms with E-state index >= 15 is 0 Å². The van der Waals surface area contributed by atoms with Crippen molar-refractivity contribution in [2.75, 3.05) is 5.32 Å². The van der Waals surface area contributed by atoms with Crippen LogP contribution in [-0.4, -0.2) is 5.91 Å². The number of hydrogen-bond donors (Lipinski definition) is 1. The summed E-state index contributed by atoms with van der Waals surface area (Å²) in [6.07, 6.45) is 4.69. The van der Waals surface area contributed by atoms with E-state index in [1.54, 1.807) is 11.3 Å². The van der Waals surface area contributed by atoms with Crippen LogP contribution in [0, 0.1) is 2.88 Å². The van der Waals surface area contributed by atoms with Gasteiger partial charge in [-0.25, -0.2) is 0 Å². The highest BCUT2D eigenvalue weighted by Gasteiger charge is 2.15. The number of amides is 1. The van der Waals surface area contributed by atoms with E-state index in [9.17, 15) is 4.79 Å². The van der Waals surface area contributed by atoms with Crippen LogP contribution in [0.5, 0.6) is 0 Å². The van der Waals surface area contributed by atoms with Gasteiger partial charge in [0.1, 0.15) is 0 Å². The molecule has 0 saturated heterocycles. The van der Waals surface area contributed by atoms with Gasteiger partial charge in [-0.1, -0.05) is 12.1 Å². The predicted molar refractivity (Wildman–Crippen MR) is 88.1 cm³/mol. The van der Waals surface area contributed by atoms with E-state index in [0.717, 1.165) is 27.0 Å². The van der Waals surface area contributed by atoms with E-state index in [2.05, 4.69) is 34.0 Å². The second-order valence-electron chi connectivity index (χ2n) is 4.74. The van der Waals surface area contributed by atoms with Crippen molar-refractivity contribution in [2.45, 2.75) is 25.7 Å². The molecule has 4 heteroatoms. The Bertz CT molecular complexity index is 620. The van der Waals surface area contributed by atoms with Gasteiger partial charge in [0.25, 0.3) is 5.91 Å². The molecule has 0 radical (unpaired) electrons. The number of benzene rings is 1. The molecule has 2 nitrogen and oxygen atoms in total. The van der Waals surface area contributed by atoms with Crippen molar-refractivity contribution < 1.29 is 4.79 Å². The van der Waals surface area contributed by atoms with Crippen molar-refractivity contribution in [2.24, 2.45) is 0 Å². The molecule has 0 aliphatic heterocycles. The molecule has 3 rings (SSSR count). The van der Waals surface area contributed by atoms with E-state index in [-0.39, 0.29) is 5.91 Å². The summed E-state index contributed by atoms with van der Waals surface area (Å²) in [5, 5.41) is 4.97. The van der Waals surface area contributed by atoms with E-state index < -0.39 is 0 Å². The molecule has 0 bridgehead atoms. The quantitative estimate of drug-likeness (QED) is 0.762. The number of nitrogens with one attached hydrogen (secondary N) is 1. The van der Waals surface area contributed by atoms with Crippen molar-refractivity contribution in [1.82, 2.24) is 0 Å². The summed E-state index contributed by atoms with van der Waals surface area (Å²) >= 11 is 3.84. The van der Waals surface area contributed by atoms with E-state index in [0.29, 0.717) is 0 Å². The van der Waals surface area contributed by atoms with Gasteiger partial charge in [-0.2, -0.15) is 0 Å². The van der Waals surface area contributed by atoms with Gasteiger partial charge in [0, 0.05) is 11.1 Å². The maximum Gasteiger partial charge on any atom is 0.256 e. The number of fused-ring (bicyclic) bond motifs is 1. The Labute approximate surface area is 130 Å². The number of halogens is 1. The van der Waals surface area contributed by atoms with Crippen LogP contribution in [-0.2, 0) is 12.8 Å². The van der Waals surface area contributed by atoms with E-state index in [4.69, 9.17) is 0 Å². The number of thiophene rings is 1. The van der Waals surface area contributed by atoms with Crippen LogP contribution in [0.2, 0.25) is 0 Å². The minimum absolute atomic E-state index is 0.00172. The maximum atomic E-state index is 12.2. The molecule has 1 amide bonds. The first-order chi connectivity index (χ1) is 9.24. The standard InChI is InChI=1S/C15H14INOS/c16-14-8-11(9-19-14)15(18)17-13-7-3-5-10-4-1-2-6-12(10)13/h3,5,7-9H,1-2,4,6H2,(H,17,18). The highest BCUT2D eigenvalue weighted by Crippen LogP contribution is 2.28. The zero-order valence-corrected chi connectivity index (χ0v) is 13.4. The third-order valence-electron chi connectivity index (χ3n) is 3.47. The van der Waals surface area contributed by atoms with Gasteiger partial charge >= 0.3 is 0 Å². The number of carbonyl (C=O) groups is 1. The van der Waals surface area contributed by atoms with Crippen molar-refractivity contribution >= 4 is 45.5 Å². The monoisotopic (exact) mass is 383 g/mol. The van der Waals surface area contributed by atoms with Crippen molar-refractivity contribution in [3.8, 4) is 0 Å². The summed E-state index contributed by atoms with van der Waals surface area (Å²) in [7, 11) is 0. The molecule has 0 unspecified atom stereocenters. The maximum absolute atomic E-state index is 12.2. The predicted octanol–water partition coefficient (Wildman–Crippen LogP) is 4.48. The van der Waals surface area contributed by atoms with Crippen molar-refractivity contribution in [3.05, 3.63) is 49.2 Å². The fourth-order valence-electron chi connectivity index (χ4n) is 2.52. The lowest BCUT2D eigenvalue weighted by Crippen LogP contribution is -2.14. The summed E-state index contributed by atoms with van der Waals surface area (Å²) < 4.78 is 1.14. The minimum Gasteiger partial charge on any atom is -0.322 e. The van der Waals surface area contributed by atoms with Crippen LogP contribution in [0.25, 0.3) is 0 Å². The largest absolute Gasteiger partial charge is 0.322 e. The first-order valence-electron chi connectivity index (χ1n) is 6.40. The molecule has 1 aromatic carbocycles. The lowest BCUT2D eigenvalue weighted by Gasteiger charge is -2.19. The van der Waals surface area contributed by atoms with Gasteiger partial charge in [-0.15, -0.1) is 11.3 Å². The summed E-state index contributed by atoms with van der Waals surface area (Å²) in [4.78, 5) is 12.2. The third-order valence-corrected chi connectivity index (χ3v) is 5.26. The Hall–Kier alpha value is -0.880. The number of rotatable bonds is 2. The molecule has 0 fully saturated rings. The van der Waals surface area contributed by atoms with Gasteiger partial charge in [0.05, 0.1) is 8.45 Å². The zero-order chi connectivity index (χ0) is 13.2. The Morgan fingerprint density at radius 2 is 2.11 bits per heavy atom. The van der Waals surface area contributed by atoms with Crippen LogP contribution in [0.4, 0.5) is 5.69 Å². The Morgan fingerprint density at radius 1 is 1.26 bits per heavy atom. The zero-order valence-electron chi connectivity index (χ0n) is 10.4. The van der Waals surface area contributed by atoms with Crippen LogP contribution >= 0.6 is 33.9 Å². The molecule has 0 atom stereocenters. The summed E-state index contributed by atoms with van der Waals surface area (Å²) in [5.41, 5.74) is 4.46. The Kier molecular flexibility index (Phi) is 3.88. The SMILES string of the molecule is O=C(Nc1cccc2c1CCCC2)c1csc(I)c1. The molecule has 1 aliphatic carbocycles. The highest BCUT2D eigenvalue weighted by atomic mass is 127. The van der Waals surface area contributed by atoms with Crippen molar-refractivity contribution in [3.63, 3.8) is 0 Å². The lowest BCUT2D eigenvalue weighted by molar-refractivity contribution is 0.102. The van der Waals surface area contributed by atoms with Crippen LogP contribution < -0.4 is 5.32 Å². The van der Waals surface area contributed by atoms with Gasteiger partial charge in [-0.05, 0) is 71.5 Å². The molecular weight excluding hydrogens is 369 g/mol. The summed E-state index contributed by atoms with van der Waals surface area (Å²) in [6.45, 7) is 0. The fraction of sp³-hybridized carbons (Fsp3) is 0.267. The van der Waals surface area contributed by atoms with Crippen LogP contribution in [0.3, 0.4) is 0 Å². The summed E-state index contributed by atoms with van der Waals surface area (Å²) in [5.74, 6) is -0.00172. The first-order valence-corrected chi connectivity index (χ1v) is 8.36. The third kappa shape index (κ3) is 2.84. The Morgan fingerprint density at radius 3 is 2.89 bits per heavy atom. The Balaban J connectivity index is 1.85. The topological polar surface area (TPSA) is 29.1 Å². The second kappa shape index (κ2) is 5.63. The van der Waals surface area contributed by atoms with Gasteiger partial charge in [0.2, 0.25) is 0 Å². The first kappa shape index (κ1) is 13.1. The minimum atomic E-state index is -0.00172. The summed E-state index contributed by atoms with van der Waals surface area (Å²) in [6, 6.07) is 8.16. The molecule has 0 spiro atoms. The molecule has 19 heavy (non-hydrogen) atoms. The van der Waals surface area contributed by atoms with Crippen molar-refractivity contribution in [1.29, 1.82) is 0 Å². The lowest BCUT2D eigenvalue weighted by atomic mass is 9.90.